The van der Waals surface area contributed by atoms with Gasteiger partial charge in [0, 0.05) is 16.9 Å². The second-order valence-electron chi connectivity index (χ2n) is 3.12. The average molecular weight is 283 g/mol. The van der Waals surface area contributed by atoms with Crippen molar-refractivity contribution in [1.82, 2.24) is 20.0 Å². The molecule has 0 aliphatic carbocycles. The van der Waals surface area contributed by atoms with Gasteiger partial charge in [-0.25, -0.2) is 9.48 Å². The summed E-state index contributed by atoms with van der Waals surface area (Å²) in [5, 5.41) is 15.9. The summed E-state index contributed by atoms with van der Waals surface area (Å²) < 4.78 is 2.32. The zero-order valence-corrected chi connectivity index (χ0v) is 9.62. The highest BCUT2D eigenvalue weighted by Crippen LogP contribution is 2.10. The van der Waals surface area contributed by atoms with Crippen molar-refractivity contribution in [3.05, 3.63) is 40.4 Å². The van der Waals surface area contributed by atoms with E-state index in [1.165, 1.54) is 10.9 Å². The quantitative estimate of drug-likeness (QED) is 0.914. The minimum Gasteiger partial charge on any atom is -0.476 e. The molecule has 2 rings (SSSR count). The third kappa shape index (κ3) is 2.43. The fourth-order valence-corrected chi connectivity index (χ4v) is 1.62. The summed E-state index contributed by atoms with van der Waals surface area (Å²) in [5.74, 6) is -1.08. The Balaban J connectivity index is 2.17. The van der Waals surface area contributed by atoms with E-state index in [0.717, 1.165) is 10.0 Å². The molecule has 1 N–H and O–H groups in total. The van der Waals surface area contributed by atoms with E-state index in [1.807, 2.05) is 6.07 Å². The van der Waals surface area contributed by atoms with E-state index >= 15 is 0 Å². The number of halogens is 1. The number of carbonyl (C=O) groups is 1. The third-order valence-corrected chi connectivity index (χ3v) is 2.30. The second-order valence-corrected chi connectivity index (χ2v) is 4.03. The lowest BCUT2D eigenvalue weighted by atomic mass is 10.3. The Hall–Kier alpha value is -1.76. The molecule has 0 spiro atoms. The Morgan fingerprint density at radius 1 is 1.50 bits per heavy atom. The Morgan fingerprint density at radius 3 is 2.94 bits per heavy atom. The van der Waals surface area contributed by atoms with Crippen LogP contribution in [0.25, 0.3) is 0 Å². The molecule has 82 valence electrons. The van der Waals surface area contributed by atoms with Gasteiger partial charge in [-0.3, -0.25) is 4.98 Å². The zero-order valence-electron chi connectivity index (χ0n) is 8.04. The normalized spacial score (nSPS) is 10.3. The molecular weight excluding hydrogens is 276 g/mol. The predicted octanol–water partition coefficient (Wildman–Crippen LogP) is 1.18. The fraction of sp³-hybridized carbons (Fsp3) is 0.111. The maximum atomic E-state index is 10.6. The molecule has 0 saturated heterocycles. The number of hydrogen-bond acceptors (Lipinski definition) is 4. The smallest absolute Gasteiger partial charge is 0.358 e. The van der Waals surface area contributed by atoms with Crippen LogP contribution in [0, 0.1) is 0 Å². The van der Waals surface area contributed by atoms with Crippen molar-refractivity contribution in [2.24, 2.45) is 0 Å². The lowest BCUT2D eigenvalue weighted by Gasteiger charge is -2.00. The first-order valence-corrected chi connectivity index (χ1v) is 5.17. The number of carboxylic acid groups (broad SMARTS) is 1. The van der Waals surface area contributed by atoms with Crippen LogP contribution in [0.15, 0.2) is 29.1 Å². The molecule has 0 saturated carbocycles. The molecule has 0 aromatic carbocycles. The van der Waals surface area contributed by atoms with Gasteiger partial charge in [0.15, 0.2) is 5.69 Å². The molecule has 0 bridgehead atoms. The molecule has 0 unspecified atom stereocenters. The SMILES string of the molecule is O=C(O)c1cn(Cc2cncc(Br)c2)nn1. The molecule has 6 nitrogen and oxygen atoms in total. The van der Waals surface area contributed by atoms with Crippen LogP contribution in [-0.4, -0.2) is 31.1 Å². The van der Waals surface area contributed by atoms with Crippen LogP contribution < -0.4 is 0 Å². The van der Waals surface area contributed by atoms with E-state index in [1.54, 1.807) is 12.4 Å². The van der Waals surface area contributed by atoms with Gasteiger partial charge in [-0.2, -0.15) is 0 Å². The van der Waals surface area contributed by atoms with Gasteiger partial charge in [0.1, 0.15) is 0 Å². The number of aromatic nitrogens is 4. The van der Waals surface area contributed by atoms with Gasteiger partial charge < -0.3 is 5.11 Å². The van der Waals surface area contributed by atoms with Crippen molar-refractivity contribution in [3.63, 3.8) is 0 Å². The number of hydrogen-bond donors (Lipinski definition) is 1. The van der Waals surface area contributed by atoms with Gasteiger partial charge in [0.25, 0.3) is 0 Å². The fourth-order valence-electron chi connectivity index (χ4n) is 1.20. The van der Waals surface area contributed by atoms with Crippen LogP contribution in [0.5, 0.6) is 0 Å². The molecule has 0 amide bonds. The molecule has 0 aliphatic heterocycles. The van der Waals surface area contributed by atoms with Crippen molar-refractivity contribution in [3.8, 4) is 0 Å². The monoisotopic (exact) mass is 282 g/mol. The summed E-state index contributed by atoms with van der Waals surface area (Å²) >= 11 is 3.30. The van der Waals surface area contributed by atoms with Crippen LogP contribution in [0.2, 0.25) is 0 Å². The summed E-state index contributed by atoms with van der Waals surface area (Å²) in [6.45, 7) is 0.437. The number of nitrogens with zero attached hydrogens (tertiary/aromatic N) is 4. The zero-order chi connectivity index (χ0) is 11.5. The van der Waals surface area contributed by atoms with Crippen LogP contribution in [0.3, 0.4) is 0 Å². The first kappa shape index (κ1) is 10.7. The van der Waals surface area contributed by atoms with E-state index in [4.69, 9.17) is 5.11 Å². The van der Waals surface area contributed by atoms with Gasteiger partial charge in [-0.05, 0) is 27.6 Å². The van der Waals surface area contributed by atoms with Gasteiger partial charge in [-0.15, -0.1) is 5.10 Å². The van der Waals surface area contributed by atoms with Gasteiger partial charge in [0.2, 0.25) is 0 Å². The standard InChI is InChI=1S/C9H7BrN4O2/c10-7-1-6(2-11-3-7)4-14-5-8(9(15)16)12-13-14/h1-3,5H,4H2,(H,15,16). The summed E-state index contributed by atoms with van der Waals surface area (Å²) in [4.78, 5) is 14.6. The maximum absolute atomic E-state index is 10.6. The van der Waals surface area contributed by atoms with Gasteiger partial charge in [-0.1, -0.05) is 5.21 Å². The minimum absolute atomic E-state index is 0.0667. The highest BCUT2D eigenvalue weighted by Gasteiger charge is 2.08. The maximum Gasteiger partial charge on any atom is 0.358 e. The molecule has 2 heterocycles. The topological polar surface area (TPSA) is 80.9 Å². The van der Waals surface area contributed by atoms with E-state index in [2.05, 4.69) is 31.2 Å². The van der Waals surface area contributed by atoms with Crippen molar-refractivity contribution in [2.75, 3.05) is 0 Å². The predicted molar refractivity (Wildman–Crippen MR) is 58.0 cm³/mol. The molecule has 7 heteroatoms. The largest absolute Gasteiger partial charge is 0.476 e. The lowest BCUT2D eigenvalue weighted by Crippen LogP contribution is -2.01. The number of aromatic carboxylic acids is 1. The Morgan fingerprint density at radius 2 is 2.31 bits per heavy atom. The Kier molecular flexibility index (Phi) is 2.95. The Bertz CT molecular complexity index is 526. The van der Waals surface area contributed by atoms with Crippen LogP contribution in [0.4, 0.5) is 0 Å². The number of pyridine rings is 1. The lowest BCUT2D eigenvalue weighted by molar-refractivity contribution is 0.0690. The van der Waals surface area contributed by atoms with Gasteiger partial charge >= 0.3 is 5.97 Å². The summed E-state index contributed by atoms with van der Waals surface area (Å²) in [5.41, 5.74) is 0.846. The number of carboxylic acids is 1. The molecule has 0 fully saturated rings. The number of rotatable bonds is 3. The molecule has 0 aliphatic rings. The molecule has 0 radical (unpaired) electrons. The average Bonchev–Trinajstić information content (AvgIpc) is 2.66. The van der Waals surface area contributed by atoms with E-state index in [-0.39, 0.29) is 5.69 Å². The van der Waals surface area contributed by atoms with Crippen LogP contribution >= 0.6 is 15.9 Å². The van der Waals surface area contributed by atoms with Crippen LogP contribution in [-0.2, 0) is 6.54 Å². The third-order valence-electron chi connectivity index (χ3n) is 1.86. The molecule has 16 heavy (non-hydrogen) atoms. The molecular formula is C9H7BrN4O2. The first-order valence-electron chi connectivity index (χ1n) is 4.38. The highest BCUT2D eigenvalue weighted by molar-refractivity contribution is 9.10. The van der Waals surface area contributed by atoms with Crippen molar-refractivity contribution < 1.29 is 9.90 Å². The second kappa shape index (κ2) is 4.40. The van der Waals surface area contributed by atoms with Gasteiger partial charge in [0.05, 0.1) is 12.7 Å². The molecule has 2 aromatic heterocycles. The van der Waals surface area contributed by atoms with Crippen molar-refractivity contribution in [2.45, 2.75) is 6.54 Å². The summed E-state index contributed by atoms with van der Waals surface area (Å²) in [6, 6.07) is 1.88. The summed E-state index contributed by atoms with van der Waals surface area (Å²) in [6.07, 6.45) is 4.74. The van der Waals surface area contributed by atoms with E-state index < -0.39 is 5.97 Å². The first-order chi connectivity index (χ1) is 7.65. The highest BCUT2D eigenvalue weighted by atomic mass is 79.9. The van der Waals surface area contributed by atoms with Crippen molar-refractivity contribution >= 4 is 21.9 Å². The minimum atomic E-state index is -1.08. The summed E-state index contributed by atoms with van der Waals surface area (Å²) in [7, 11) is 0. The Labute approximate surface area is 99.1 Å². The van der Waals surface area contributed by atoms with E-state index in [0.29, 0.717) is 6.54 Å². The van der Waals surface area contributed by atoms with E-state index in [9.17, 15) is 4.79 Å². The van der Waals surface area contributed by atoms with Crippen LogP contribution in [0.1, 0.15) is 16.1 Å². The molecule has 2 aromatic rings. The molecule has 0 atom stereocenters. The van der Waals surface area contributed by atoms with Crippen molar-refractivity contribution in [1.29, 1.82) is 0 Å².